The fourth-order valence-corrected chi connectivity index (χ4v) is 1.68. The number of hydrogen-bond acceptors (Lipinski definition) is 5. The van der Waals surface area contributed by atoms with Crippen molar-refractivity contribution in [2.45, 2.75) is 26.1 Å². The highest BCUT2D eigenvalue weighted by atomic mass is 19.4. The number of benzene rings is 1. The minimum atomic E-state index is -4.49. The van der Waals surface area contributed by atoms with Gasteiger partial charge in [0.25, 0.3) is 5.89 Å². The van der Waals surface area contributed by atoms with Crippen molar-refractivity contribution in [1.29, 1.82) is 0 Å². The Morgan fingerprint density at radius 1 is 1.29 bits per heavy atom. The van der Waals surface area contributed by atoms with Crippen LogP contribution in [0.2, 0.25) is 0 Å². The molecule has 2 N–H and O–H groups in total. The van der Waals surface area contributed by atoms with Crippen LogP contribution >= 0.6 is 0 Å². The third kappa shape index (κ3) is 3.94. The number of hydrogen-bond donors (Lipinski definition) is 1. The van der Waals surface area contributed by atoms with Crippen molar-refractivity contribution in [2.75, 3.05) is 12.3 Å². The van der Waals surface area contributed by atoms with E-state index in [0.717, 1.165) is 18.6 Å². The number of anilines is 1. The van der Waals surface area contributed by atoms with Crippen molar-refractivity contribution < 1.29 is 22.4 Å². The molecule has 0 aliphatic carbocycles. The van der Waals surface area contributed by atoms with Crippen LogP contribution in [0.15, 0.2) is 22.7 Å². The van der Waals surface area contributed by atoms with Crippen LogP contribution in [-0.2, 0) is 17.5 Å². The summed E-state index contributed by atoms with van der Waals surface area (Å²) in [5, 5.41) is 3.65. The molecule has 0 saturated carbocycles. The summed E-state index contributed by atoms with van der Waals surface area (Å²) >= 11 is 0. The van der Waals surface area contributed by atoms with Crippen molar-refractivity contribution in [3.63, 3.8) is 0 Å². The first-order valence-corrected chi connectivity index (χ1v) is 6.28. The number of rotatable bonds is 5. The first-order valence-electron chi connectivity index (χ1n) is 6.28. The molecule has 2 aromatic rings. The number of alkyl halides is 3. The average molecular weight is 301 g/mol. The second kappa shape index (κ2) is 6.13. The van der Waals surface area contributed by atoms with E-state index >= 15 is 0 Å². The monoisotopic (exact) mass is 301 g/mol. The van der Waals surface area contributed by atoms with Crippen LogP contribution in [0.1, 0.15) is 24.7 Å². The van der Waals surface area contributed by atoms with Gasteiger partial charge in [0.05, 0.1) is 5.56 Å². The lowest BCUT2D eigenvalue weighted by Gasteiger charge is -2.08. The maximum atomic E-state index is 12.7. The van der Waals surface area contributed by atoms with Crippen LogP contribution in [0.4, 0.5) is 18.9 Å². The van der Waals surface area contributed by atoms with Crippen LogP contribution in [0, 0.1) is 0 Å². The minimum Gasteiger partial charge on any atom is -0.399 e. The lowest BCUT2D eigenvalue weighted by molar-refractivity contribution is -0.137. The maximum Gasteiger partial charge on any atom is 0.416 e. The molecule has 0 fully saturated rings. The summed E-state index contributed by atoms with van der Waals surface area (Å²) in [5.41, 5.74) is 4.72. The molecule has 2 rings (SSSR count). The molecule has 114 valence electrons. The van der Waals surface area contributed by atoms with E-state index in [9.17, 15) is 13.2 Å². The van der Waals surface area contributed by atoms with E-state index in [1.807, 2.05) is 6.92 Å². The predicted molar refractivity (Wildman–Crippen MR) is 69.1 cm³/mol. The quantitative estimate of drug-likeness (QED) is 0.677. The summed E-state index contributed by atoms with van der Waals surface area (Å²) in [7, 11) is 0. The maximum absolute atomic E-state index is 12.7. The Labute approximate surface area is 118 Å². The smallest absolute Gasteiger partial charge is 0.399 e. The molecule has 0 spiro atoms. The summed E-state index contributed by atoms with van der Waals surface area (Å²) in [5.74, 6) is 0.248. The van der Waals surface area contributed by atoms with Gasteiger partial charge in [-0.2, -0.15) is 18.2 Å². The topological polar surface area (TPSA) is 74.2 Å². The molecule has 21 heavy (non-hydrogen) atoms. The Hall–Kier alpha value is -2.09. The van der Waals surface area contributed by atoms with Crippen molar-refractivity contribution in [1.82, 2.24) is 10.1 Å². The number of nitrogen functional groups attached to an aromatic ring is 1. The lowest BCUT2D eigenvalue weighted by atomic mass is 10.1. The van der Waals surface area contributed by atoms with E-state index in [4.69, 9.17) is 15.0 Å². The first kappa shape index (κ1) is 15.3. The van der Waals surface area contributed by atoms with Crippen LogP contribution in [0.5, 0.6) is 0 Å². The van der Waals surface area contributed by atoms with Gasteiger partial charge in [0, 0.05) is 17.9 Å². The second-order valence-corrected chi connectivity index (χ2v) is 4.41. The molecular weight excluding hydrogens is 287 g/mol. The molecule has 0 saturated heterocycles. The van der Waals surface area contributed by atoms with Gasteiger partial charge in [0.15, 0.2) is 5.82 Å². The van der Waals surface area contributed by atoms with Gasteiger partial charge in [-0.3, -0.25) is 0 Å². The summed E-state index contributed by atoms with van der Waals surface area (Å²) in [6.45, 7) is 2.64. The zero-order chi connectivity index (χ0) is 15.5. The summed E-state index contributed by atoms with van der Waals surface area (Å²) in [6, 6.07) is 3.12. The third-order valence-electron chi connectivity index (χ3n) is 2.58. The van der Waals surface area contributed by atoms with E-state index < -0.39 is 11.7 Å². The fourth-order valence-electron chi connectivity index (χ4n) is 1.68. The van der Waals surface area contributed by atoms with Gasteiger partial charge in [-0.15, -0.1) is 0 Å². The van der Waals surface area contributed by atoms with E-state index in [1.54, 1.807) is 0 Å². The van der Waals surface area contributed by atoms with Crippen LogP contribution in [-0.4, -0.2) is 16.7 Å². The Morgan fingerprint density at radius 2 is 2.05 bits per heavy atom. The fraction of sp³-hybridized carbons (Fsp3) is 0.385. The van der Waals surface area contributed by atoms with E-state index in [2.05, 4.69) is 10.1 Å². The third-order valence-corrected chi connectivity index (χ3v) is 2.58. The van der Waals surface area contributed by atoms with Gasteiger partial charge in [-0.1, -0.05) is 12.1 Å². The van der Waals surface area contributed by atoms with Crippen LogP contribution in [0.3, 0.4) is 0 Å². The van der Waals surface area contributed by atoms with Crippen molar-refractivity contribution >= 4 is 5.69 Å². The molecule has 1 aromatic carbocycles. The molecular formula is C13H14F3N3O2. The highest BCUT2D eigenvalue weighted by Crippen LogP contribution is 2.33. The van der Waals surface area contributed by atoms with Crippen LogP contribution < -0.4 is 5.73 Å². The van der Waals surface area contributed by atoms with Gasteiger partial charge >= 0.3 is 6.18 Å². The Morgan fingerprint density at radius 3 is 2.71 bits per heavy atom. The number of ether oxygens (including phenoxy) is 1. The van der Waals surface area contributed by atoms with Crippen LogP contribution in [0.25, 0.3) is 11.5 Å². The largest absolute Gasteiger partial charge is 0.416 e. The number of halogens is 3. The highest BCUT2D eigenvalue weighted by Gasteiger charge is 2.31. The normalized spacial score (nSPS) is 11.8. The molecule has 0 bridgehead atoms. The van der Waals surface area contributed by atoms with E-state index in [0.29, 0.717) is 6.61 Å². The molecule has 0 atom stereocenters. The average Bonchev–Trinajstić information content (AvgIpc) is 2.86. The highest BCUT2D eigenvalue weighted by molar-refractivity contribution is 5.62. The van der Waals surface area contributed by atoms with Gasteiger partial charge < -0.3 is 15.0 Å². The zero-order valence-electron chi connectivity index (χ0n) is 11.3. The van der Waals surface area contributed by atoms with E-state index in [1.165, 1.54) is 6.07 Å². The van der Waals surface area contributed by atoms with Crippen molar-refractivity contribution in [2.24, 2.45) is 0 Å². The predicted octanol–water partition coefficient (Wildman–Crippen LogP) is 3.26. The Kier molecular flexibility index (Phi) is 4.46. The summed E-state index contributed by atoms with van der Waals surface area (Å²) in [4.78, 5) is 3.99. The molecule has 1 aromatic heterocycles. The zero-order valence-corrected chi connectivity index (χ0v) is 11.3. The van der Waals surface area contributed by atoms with Gasteiger partial charge in [-0.25, -0.2) is 0 Å². The van der Waals surface area contributed by atoms with E-state index in [-0.39, 0.29) is 29.6 Å². The van der Waals surface area contributed by atoms with Crippen molar-refractivity contribution in [3.05, 3.63) is 29.6 Å². The van der Waals surface area contributed by atoms with Gasteiger partial charge in [0.2, 0.25) is 0 Å². The van der Waals surface area contributed by atoms with Crippen molar-refractivity contribution in [3.8, 4) is 11.5 Å². The minimum absolute atomic E-state index is 0.0251. The summed E-state index contributed by atoms with van der Waals surface area (Å²) in [6.07, 6.45) is -3.65. The second-order valence-electron chi connectivity index (χ2n) is 4.41. The first-order chi connectivity index (χ1) is 9.90. The molecule has 5 nitrogen and oxygen atoms in total. The lowest BCUT2D eigenvalue weighted by Crippen LogP contribution is -2.06. The summed E-state index contributed by atoms with van der Waals surface area (Å²) < 4.78 is 48.4. The Bertz CT molecular complexity index is 611. The number of nitrogens with zero attached hydrogens (tertiary/aromatic N) is 2. The molecule has 0 radical (unpaired) electrons. The molecule has 8 heteroatoms. The number of nitrogens with two attached hydrogens (primary N) is 1. The Balaban J connectivity index is 2.24. The molecule has 0 unspecified atom stereocenters. The van der Waals surface area contributed by atoms with Gasteiger partial charge in [0.1, 0.15) is 6.61 Å². The molecule has 0 aliphatic rings. The molecule has 1 heterocycles. The molecule has 0 amide bonds. The standard InChI is InChI=1S/C13H14F3N3O2/c1-2-3-20-7-11-18-12(21-19-11)8-4-9(13(14,15)16)6-10(17)5-8/h4-6H,2-3,7,17H2,1H3. The molecule has 0 aliphatic heterocycles. The van der Waals surface area contributed by atoms with Gasteiger partial charge in [-0.05, 0) is 24.6 Å². The number of aromatic nitrogens is 2. The SMILES string of the molecule is CCCOCc1noc(-c2cc(N)cc(C(F)(F)F)c2)n1.